The highest BCUT2D eigenvalue weighted by Gasteiger charge is 2.22. The maximum absolute atomic E-state index is 12.2. The monoisotopic (exact) mass is 294 g/mol. The first-order chi connectivity index (χ1) is 9.58. The number of hydrogen-bond donors (Lipinski definition) is 2. The van der Waals surface area contributed by atoms with Crippen molar-refractivity contribution in [3.63, 3.8) is 0 Å². The standard InChI is InChI=1S/C16H23ClN2O/c1-11(13-6-8-18-9-7-13)10-16(20)19-15-5-3-4-14(17)12(15)2/h3-5,11,13,18H,6-10H2,1-2H3,(H,19,20). The van der Waals surface area contributed by atoms with Gasteiger partial charge in [0.1, 0.15) is 0 Å². The van der Waals surface area contributed by atoms with Crippen LogP contribution in [0.25, 0.3) is 0 Å². The summed E-state index contributed by atoms with van der Waals surface area (Å²) in [6.45, 7) is 6.25. The van der Waals surface area contributed by atoms with E-state index in [1.807, 2.05) is 25.1 Å². The largest absolute Gasteiger partial charge is 0.326 e. The molecule has 1 aliphatic rings. The van der Waals surface area contributed by atoms with Crippen LogP contribution < -0.4 is 10.6 Å². The van der Waals surface area contributed by atoms with E-state index in [1.54, 1.807) is 0 Å². The van der Waals surface area contributed by atoms with Gasteiger partial charge < -0.3 is 10.6 Å². The maximum Gasteiger partial charge on any atom is 0.224 e. The van der Waals surface area contributed by atoms with Crippen LogP contribution in [-0.2, 0) is 4.79 Å². The van der Waals surface area contributed by atoms with Gasteiger partial charge in [0.25, 0.3) is 0 Å². The molecule has 1 aromatic carbocycles. The number of rotatable bonds is 4. The van der Waals surface area contributed by atoms with E-state index in [-0.39, 0.29) is 5.91 Å². The van der Waals surface area contributed by atoms with Gasteiger partial charge in [-0.25, -0.2) is 0 Å². The Bertz CT molecular complexity index is 470. The van der Waals surface area contributed by atoms with Crippen LogP contribution in [0, 0.1) is 18.8 Å². The number of benzene rings is 1. The van der Waals surface area contributed by atoms with Crippen molar-refractivity contribution in [1.82, 2.24) is 5.32 Å². The van der Waals surface area contributed by atoms with Gasteiger partial charge in [0.05, 0.1) is 0 Å². The zero-order valence-electron chi connectivity index (χ0n) is 12.2. The molecule has 4 heteroatoms. The molecule has 0 saturated carbocycles. The molecule has 1 fully saturated rings. The highest BCUT2D eigenvalue weighted by atomic mass is 35.5. The lowest BCUT2D eigenvalue weighted by Gasteiger charge is -2.28. The molecule has 0 radical (unpaired) electrons. The first kappa shape index (κ1) is 15.3. The van der Waals surface area contributed by atoms with Crippen LogP contribution in [-0.4, -0.2) is 19.0 Å². The average Bonchev–Trinajstić information content (AvgIpc) is 2.45. The molecule has 0 aliphatic carbocycles. The number of carbonyl (C=O) groups is 1. The minimum absolute atomic E-state index is 0.0846. The van der Waals surface area contributed by atoms with Crippen LogP contribution in [0.2, 0.25) is 5.02 Å². The number of carbonyl (C=O) groups excluding carboxylic acids is 1. The van der Waals surface area contributed by atoms with Crippen molar-refractivity contribution < 1.29 is 4.79 Å². The summed E-state index contributed by atoms with van der Waals surface area (Å²) in [6, 6.07) is 5.60. The molecule has 0 aromatic heterocycles. The van der Waals surface area contributed by atoms with E-state index in [0.29, 0.717) is 23.3 Å². The van der Waals surface area contributed by atoms with Gasteiger partial charge in [0, 0.05) is 17.1 Å². The van der Waals surface area contributed by atoms with E-state index in [9.17, 15) is 4.79 Å². The predicted octanol–water partition coefficient (Wildman–Crippen LogP) is 3.61. The van der Waals surface area contributed by atoms with E-state index in [4.69, 9.17) is 11.6 Å². The molecule has 1 aliphatic heterocycles. The van der Waals surface area contributed by atoms with Crippen LogP contribution in [0.4, 0.5) is 5.69 Å². The van der Waals surface area contributed by atoms with E-state index < -0.39 is 0 Å². The van der Waals surface area contributed by atoms with E-state index in [2.05, 4.69) is 17.6 Å². The van der Waals surface area contributed by atoms with Crippen molar-refractivity contribution in [1.29, 1.82) is 0 Å². The van der Waals surface area contributed by atoms with Gasteiger partial charge in [-0.3, -0.25) is 4.79 Å². The smallest absolute Gasteiger partial charge is 0.224 e. The Morgan fingerprint density at radius 3 is 2.85 bits per heavy atom. The van der Waals surface area contributed by atoms with Gasteiger partial charge in [-0.15, -0.1) is 0 Å². The van der Waals surface area contributed by atoms with Crippen molar-refractivity contribution in [2.24, 2.45) is 11.8 Å². The Hall–Kier alpha value is -1.06. The Morgan fingerprint density at radius 2 is 2.15 bits per heavy atom. The van der Waals surface area contributed by atoms with Crippen LogP contribution in [0.1, 0.15) is 31.7 Å². The third kappa shape index (κ3) is 3.97. The maximum atomic E-state index is 12.2. The highest BCUT2D eigenvalue weighted by Crippen LogP contribution is 2.26. The summed E-state index contributed by atoms with van der Waals surface area (Å²) in [4.78, 5) is 12.2. The fourth-order valence-electron chi connectivity index (χ4n) is 2.82. The van der Waals surface area contributed by atoms with Crippen LogP contribution in [0.15, 0.2) is 18.2 Å². The fraction of sp³-hybridized carbons (Fsp3) is 0.562. The second-order valence-corrected chi connectivity index (χ2v) is 6.14. The molecular weight excluding hydrogens is 272 g/mol. The minimum Gasteiger partial charge on any atom is -0.326 e. The lowest BCUT2D eigenvalue weighted by Crippen LogP contribution is -2.32. The summed E-state index contributed by atoms with van der Waals surface area (Å²) in [5, 5.41) is 7.03. The van der Waals surface area contributed by atoms with Crippen molar-refractivity contribution in [2.75, 3.05) is 18.4 Å². The molecule has 0 spiro atoms. The molecular formula is C16H23ClN2O. The lowest BCUT2D eigenvalue weighted by molar-refractivity contribution is -0.117. The number of hydrogen-bond acceptors (Lipinski definition) is 2. The molecule has 1 heterocycles. The van der Waals surface area contributed by atoms with Gasteiger partial charge >= 0.3 is 0 Å². The summed E-state index contributed by atoms with van der Waals surface area (Å²) in [7, 11) is 0. The Labute approximate surface area is 126 Å². The fourth-order valence-corrected chi connectivity index (χ4v) is 2.99. The summed E-state index contributed by atoms with van der Waals surface area (Å²) in [6.07, 6.45) is 2.92. The van der Waals surface area contributed by atoms with Crippen LogP contribution >= 0.6 is 11.6 Å². The van der Waals surface area contributed by atoms with E-state index >= 15 is 0 Å². The summed E-state index contributed by atoms with van der Waals surface area (Å²) >= 11 is 6.07. The molecule has 1 atom stereocenters. The SMILES string of the molecule is Cc1c(Cl)cccc1NC(=O)CC(C)C1CCNCC1. The molecule has 1 unspecified atom stereocenters. The highest BCUT2D eigenvalue weighted by molar-refractivity contribution is 6.31. The van der Waals surface area contributed by atoms with E-state index in [1.165, 1.54) is 12.8 Å². The number of piperidine rings is 1. The Kier molecular flexibility index (Phi) is 5.44. The first-order valence-electron chi connectivity index (χ1n) is 7.33. The number of anilines is 1. The molecule has 2 rings (SSSR count). The third-order valence-corrected chi connectivity index (χ3v) is 4.65. The van der Waals surface area contributed by atoms with Gasteiger partial charge in [-0.05, 0) is 62.4 Å². The summed E-state index contributed by atoms with van der Waals surface area (Å²) < 4.78 is 0. The van der Waals surface area contributed by atoms with E-state index in [0.717, 1.165) is 24.3 Å². The van der Waals surface area contributed by atoms with Gasteiger partial charge in [-0.1, -0.05) is 24.6 Å². The summed E-state index contributed by atoms with van der Waals surface area (Å²) in [5.41, 5.74) is 1.75. The molecule has 20 heavy (non-hydrogen) atoms. The Balaban J connectivity index is 1.90. The third-order valence-electron chi connectivity index (χ3n) is 4.24. The van der Waals surface area contributed by atoms with Gasteiger partial charge in [-0.2, -0.15) is 0 Å². The number of halogens is 1. The van der Waals surface area contributed by atoms with Gasteiger partial charge in [0.2, 0.25) is 5.91 Å². The molecule has 1 aromatic rings. The first-order valence-corrected chi connectivity index (χ1v) is 7.71. The van der Waals surface area contributed by atoms with Crippen molar-refractivity contribution in [3.8, 4) is 0 Å². The lowest BCUT2D eigenvalue weighted by atomic mass is 9.84. The predicted molar refractivity (Wildman–Crippen MR) is 84.2 cm³/mol. The molecule has 1 saturated heterocycles. The summed E-state index contributed by atoms with van der Waals surface area (Å²) in [5.74, 6) is 1.17. The second kappa shape index (κ2) is 7.09. The second-order valence-electron chi connectivity index (χ2n) is 5.73. The molecule has 2 N–H and O–H groups in total. The van der Waals surface area contributed by atoms with Crippen molar-refractivity contribution >= 4 is 23.2 Å². The molecule has 3 nitrogen and oxygen atoms in total. The normalized spacial score (nSPS) is 17.8. The van der Waals surface area contributed by atoms with Crippen molar-refractivity contribution in [3.05, 3.63) is 28.8 Å². The minimum atomic E-state index is 0.0846. The zero-order chi connectivity index (χ0) is 14.5. The van der Waals surface area contributed by atoms with Crippen LogP contribution in [0.5, 0.6) is 0 Å². The van der Waals surface area contributed by atoms with Crippen molar-refractivity contribution in [2.45, 2.75) is 33.1 Å². The zero-order valence-corrected chi connectivity index (χ0v) is 13.0. The van der Waals surface area contributed by atoms with Gasteiger partial charge in [0.15, 0.2) is 0 Å². The molecule has 0 bridgehead atoms. The molecule has 110 valence electrons. The quantitative estimate of drug-likeness (QED) is 0.890. The molecule has 1 amide bonds. The Morgan fingerprint density at radius 1 is 1.45 bits per heavy atom. The average molecular weight is 295 g/mol. The number of amides is 1. The number of nitrogens with one attached hydrogen (secondary N) is 2. The topological polar surface area (TPSA) is 41.1 Å². The van der Waals surface area contributed by atoms with Crippen LogP contribution in [0.3, 0.4) is 0 Å².